The van der Waals surface area contributed by atoms with Crippen LogP contribution in [0.25, 0.3) is 11.4 Å². The number of fused-ring (bicyclic) bond motifs is 1. The van der Waals surface area contributed by atoms with Crippen LogP contribution in [0.4, 0.5) is 17.6 Å². The van der Waals surface area contributed by atoms with E-state index in [1.165, 1.54) is 24.3 Å². The van der Waals surface area contributed by atoms with Crippen LogP contribution in [0.5, 0.6) is 0 Å². The Hall–Kier alpha value is -3.00. The lowest BCUT2D eigenvalue weighted by Gasteiger charge is -2.28. The summed E-state index contributed by atoms with van der Waals surface area (Å²) in [5, 5.41) is 0. The standard InChI is InChI=1S/C22H19F4N3O/c1-13-10-17(23)7-4-15(13)11-29-9-8-19-18(12-29)21(30)28-20(27-19)14-2-5-16(6-3-14)22(24,25)26/h2-7,10H,8-9,11-12H2,1H3,(H,27,28,30). The zero-order valence-electron chi connectivity index (χ0n) is 16.2. The van der Waals surface area contributed by atoms with Gasteiger partial charge in [-0.25, -0.2) is 9.37 Å². The van der Waals surface area contributed by atoms with Gasteiger partial charge in [0, 0.05) is 31.6 Å². The lowest BCUT2D eigenvalue weighted by Crippen LogP contribution is -2.35. The molecule has 0 fully saturated rings. The van der Waals surface area contributed by atoms with Crippen molar-refractivity contribution in [3.63, 3.8) is 0 Å². The fraction of sp³-hybridized carbons (Fsp3) is 0.273. The van der Waals surface area contributed by atoms with Gasteiger partial charge >= 0.3 is 6.18 Å². The second-order valence-electron chi connectivity index (χ2n) is 7.45. The monoisotopic (exact) mass is 417 g/mol. The molecule has 1 aliphatic rings. The fourth-order valence-electron chi connectivity index (χ4n) is 3.65. The number of H-pyrrole nitrogens is 1. The Morgan fingerprint density at radius 2 is 1.87 bits per heavy atom. The summed E-state index contributed by atoms with van der Waals surface area (Å²) in [5.41, 5.74) is 2.43. The van der Waals surface area contributed by atoms with E-state index >= 15 is 0 Å². The summed E-state index contributed by atoms with van der Waals surface area (Å²) in [6.07, 6.45) is -3.87. The molecule has 2 aromatic carbocycles. The topological polar surface area (TPSA) is 49.0 Å². The highest BCUT2D eigenvalue weighted by molar-refractivity contribution is 5.56. The number of aromatic nitrogens is 2. The van der Waals surface area contributed by atoms with Crippen molar-refractivity contribution in [3.8, 4) is 11.4 Å². The number of hydrogen-bond donors (Lipinski definition) is 1. The number of aryl methyl sites for hydroxylation is 1. The van der Waals surface area contributed by atoms with E-state index in [2.05, 4.69) is 14.9 Å². The summed E-state index contributed by atoms with van der Waals surface area (Å²) in [7, 11) is 0. The predicted molar refractivity (Wildman–Crippen MR) is 104 cm³/mol. The third-order valence-electron chi connectivity index (χ3n) is 5.33. The second-order valence-corrected chi connectivity index (χ2v) is 7.45. The lowest BCUT2D eigenvalue weighted by molar-refractivity contribution is -0.137. The van der Waals surface area contributed by atoms with Crippen molar-refractivity contribution in [2.45, 2.75) is 32.6 Å². The van der Waals surface area contributed by atoms with E-state index in [1.807, 2.05) is 6.92 Å². The first-order valence-electron chi connectivity index (χ1n) is 9.48. The number of nitrogens with one attached hydrogen (secondary N) is 1. The number of hydrogen-bond acceptors (Lipinski definition) is 3. The molecule has 0 unspecified atom stereocenters. The third-order valence-corrected chi connectivity index (χ3v) is 5.33. The summed E-state index contributed by atoms with van der Waals surface area (Å²) in [5.74, 6) is -0.0213. The van der Waals surface area contributed by atoms with Crippen LogP contribution >= 0.6 is 0 Å². The molecule has 3 aromatic rings. The van der Waals surface area contributed by atoms with Crippen LogP contribution in [0.2, 0.25) is 0 Å². The number of benzene rings is 2. The van der Waals surface area contributed by atoms with E-state index < -0.39 is 11.7 Å². The van der Waals surface area contributed by atoms with Crippen molar-refractivity contribution >= 4 is 0 Å². The molecule has 1 aliphatic heterocycles. The maximum Gasteiger partial charge on any atom is 0.416 e. The Labute approximate surface area is 170 Å². The van der Waals surface area contributed by atoms with Crippen LogP contribution in [-0.2, 0) is 25.7 Å². The minimum Gasteiger partial charge on any atom is -0.306 e. The normalized spacial score (nSPS) is 14.6. The van der Waals surface area contributed by atoms with Gasteiger partial charge in [0.25, 0.3) is 5.56 Å². The molecule has 4 nitrogen and oxygen atoms in total. The summed E-state index contributed by atoms with van der Waals surface area (Å²) in [6.45, 7) is 3.52. The highest BCUT2D eigenvalue weighted by atomic mass is 19.4. The van der Waals surface area contributed by atoms with E-state index in [-0.39, 0.29) is 17.2 Å². The smallest absolute Gasteiger partial charge is 0.306 e. The van der Waals surface area contributed by atoms with Crippen LogP contribution in [0.15, 0.2) is 47.3 Å². The molecule has 0 bridgehead atoms. The van der Waals surface area contributed by atoms with E-state index in [0.717, 1.165) is 23.3 Å². The van der Waals surface area contributed by atoms with Gasteiger partial charge in [0.1, 0.15) is 11.6 Å². The molecule has 0 spiro atoms. The Morgan fingerprint density at radius 3 is 2.53 bits per heavy atom. The molecular weight excluding hydrogens is 398 g/mol. The number of rotatable bonds is 3. The van der Waals surface area contributed by atoms with Gasteiger partial charge in [0.2, 0.25) is 0 Å². The zero-order valence-corrected chi connectivity index (χ0v) is 16.2. The number of alkyl halides is 3. The number of nitrogens with zero attached hydrogens (tertiary/aromatic N) is 2. The van der Waals surface area contributed by atoms with E-state index in [4.69, 9.17) is 0 Å². The van der Waals surface area contributed by atoms with E-state index in [0.29, 0.717) is 42.9 Å². The van der Waals surface area contributed by atoms with Gasteiger partial charge in [-0.3, -0.25) is 9.69 Å². The molecule has 0 aliphatic carbocycles. The van der Waals surface area contributed by atoms with Crippen molar-refractivity contribution in [3.05, 3.63) is 86.6 Å². The maximum atomic E-state index is 13.3. The predicted octanol–water partition coefficient (Wildman–Crippen LogP) is 4.46. The molecule has 1 aromatic heterocycles. The first kappa shape index (κ1) is 20.3. The highest BCUT2D eigenvalue weighted by Crippen LogP contribution is 2.30. The molecule has 0 saturated heterocycles. The SMILES string of the molecule is Cc1cc(F)ccc1CN1CCc2nc(-c3ccc(C(F)(F)F)cc3)[nH]c(=O)c2C1. The Bertz CT molecular complexity index is 1140. The van der Waals surface area contributed by atoms with Gasteiger partial charge in [-0.1, -0.05) is 18.2 Å². The summed E-state index contributed by atoms with van der Waals surface area (Å²) in [4.78, 5) is 21.9. The van der Waals surface area contributed by atoms with Crippen LogP contribution in [0.1, 0.15) is 27.9 Å². The molecule has 0 amide bonds. The quantitative estimate of drug-likeness (QED) is 0.640. The molecule has 156 valence electrons. The molecule has 2 heterocycles. The summed E-state index contributed by atoms with van der Waals surface area (Å²) >= 11 is 0. The van der Waals surface area contributed by atoms with Crippen molar-refractivity contribution in [2.24, 2.45) is 0 Å². The van der Waals surface area contributed by atoms with Gasteiger partial charge in [-0.15, -0.1) is 0 Å². The molecule has 30 heavy (non-hydrogen) atoms. The van der Waals surface area contributed by atoms with Gasteiger partial charge in [-0.2, -0.15) is 13.2 Å². The van der Waals surface area contributed by atoms with Crippen molar-refractivity contribution in [1.82, 2.24) is 14.9 Å². The Morgan fingerprint density at radius 1 is 1.13 bits per heavy atom. The molecule has 1 N–H and O–H groups in total. The molecule has 0 saturated carbocycles. The molecule has 0 atom stereocenters. The minimum atomic E-state index is -4.42. The maximum absolute atomic E-state index is 13.3. The zero-order chi connectivity index (χ0) is 21.5. The van der Waals surface area contributed by atoms with Crippen molar-refractivity contribution in [2.75, 3.05) is 6.54 Å². The first-order chi connectivity index (χ1) is 14.2. The molecule has 4 rings (SSSR count). The van der Waals surface area contributed by atoms with Gasteiger partial charge in [0.15, 0.2) is 0 Å². The fourth-order valence-corrected chi connectivity index (χ4v) is 3.65. The van der Waals surface area contributed by atoms with E-state index in [1.54, 1.807) is 6.07 Å². The summed E-state index contributed by atoms with van der Waals surface area (Å²) < 4.78 is 51.6. The average Bonchev–Trinajstić information content (AvgIpc) is 2.70. The minimum absolute atomic E-state index is 0.260. The Balaban J connectivity index is 1.56. The van der Waals surface area contributed by atoms with Gasteiger partial charge in [-0.05, 0) is 42.3 Å². The molecule has 0 radical (unpaired) electrons. The largest absolute Gasteiger partial charge is 0.416 e. The lowest BCUT2D eigenvalue weighted by atomic mass is 10.0. The van der Waals surface area contributed by atoms with Crippen LogP contribution < -0.4 is 5.56 Å². The van der Waals surface area contributed by atoms with Crippen LogP contribution in [-0.4, -0.2) is 21.4 Å². The average molecular weight is 417 g/mol. The van der Waals surface area contributed by atoms with Crippen molar-refractivity contribution < 1.29 is 17.6 Å². The summed E-state index contributed by atoms with van der Waals surface area (Å²) in [6, 6.07) is 9.21. The Kier molecular flexibility index (Phi) is 5.19. The second kappa shape index (κ2) is 7.68. The number of halogens is 4. The van der Waals surface area contributed by atoms with E-state index in [9.17, 15) is 22.4 Å². The van der Waals surface area contributed by atoms with Crippen molar-refractivity contribution in [1.29, 1.82) is 0 Å². The highest BCUT2D eigenvalue weighted by Gasteiger charge is 2.30. The third kappa shape index (κ3) is 4.14. The number of aromatic amines is 1. The molecular formula is C22H19F4N3O. The van der Waals surface area contributed by atoms with Gasteiger partial charge in [0.05, 0.1) is 16.8 Å². The van der Waals surface area contributed by atoms with Crippen LogP contribution in [0, 0.1) is 12.7 Å². The van der Waals surface area contributed by atoms with Gasteiger partial charge < -0.3 is 4.98 Å². The van der Waals surface area contributed by atoms with Crippen LogP contribution in [0.3, 0.4) is 0 Å². The first-order valence-corrected chi connectivity index (χ1v) is 9.48. The molecule has 8 heteroatoms.